The van der Waals surface area contributed by atoms with Crippen molar-refractivity contribution in [1.82, 2.24) is 0 Å². The smallest absolute Gasteiger partial charge is 0.807 e. The third-order valence-electron chi connectivity index (χ3n) is 1.79. The van der Waals surface area contributed by atoms with Crippen LogP contribution in [-0.2, 0) is 11.0 Å². The third kappa shape index (κ3) is 4.43. The van der Waals surface area contributed by atoms with E-state index in [0.29, 0.717) is 0 Å². The van der Waals surface area contributed by atoms with Crippen molar-refractivity contribution in [1.29, 1.82) is 0 Å². The molecule has 14 heavy (non-hydrogen) atoms. The summed E-state index contributed by atoms with van der Waals surface area (Å²) in [5.41, 5.74) is 1.06. The molecule has 0 saturated carbocycles. The van der Waals surface area contributed by atoms with Gasteiger partial charge in [-0.05, 0) is 24.9 Å². The molecule has 0 fully saturated rings. The van der Waals surface area contributed by atoms with E-state index in [1.165, 1.54) is 12.1 Å². The number of hydrogen-bond acceptors (Lipinski definition) is 3. The van der Waals surface area contributed by atoms with Gasteiger partial charge in [0.15, 0.2) is 0 Å². The van der Waals surface area contributed by atoms with Crippen LogP contribution in [0.25, 0.3) is 0 Å². The molecule has 1 aromatic rings. The fourth-order valence-corrected chi connectivity index (χ4v) is 1.65. The molecule has 0 aromatic heterocycles. The molecule has 3 nitrogen and oxygen atoms in total. The van der Waals surface area contributed by atoms with Crippen molar-refractivity contribution < 1.29 is 14.4 Å². The first-order valence-corrected chi connectivity index (χ1v) is 5.70. The van der Waals surface area contributed by atoms with E-state index in [0.717, 1.165) is 18.4 Å². The van der Waals surface area contributed by atoms with Gasteiger partial charge in [0.05, 0.1) is 0 Å². The van der Waals surface area contributed by atoms with Gasteiger partial charge in [-0.25, -0.2) is 0 Å². The molecule has 0 aliphatic carbocycles. The van der Waals surface area contributed by atoms with Crippen LogP contribution < -0.4 is 15.1 Å². The molecule has 0 bridgehead atoms. The summed E-state index contributed by atoms with van der Waals surface area (Å²) in [5, 5.41) is -0.132. The normalized spacial score (nSPS) is 10.8. The van der Waals surface area contributed by atoms with Crippen molar-refractivity contribution in [2.24, 2.45) is 0 Å². The van der Waals surface area contributed by atoms with Crippen molar-refractivity contribution in [2.45, 2.75) is 19.8 Å². The molecule has 0 aliphatic rings. The van der Waals surface area contributed by atoms with E-state index >= 15 is 0 Å². The van der Waals surface area contributed by atoms with Gasteiger partial charge < -0.3 is 14.4 Å². The minimum atomic E-state index is -4.56. The minimum absolute atomic E-state index is 0. The summed E-state index contributed by atoms with van der Waals surface area (Å²) in [6.45, 7) is 2.04. The summed E-state index contributed by atoms with van der Waals surface area (Å²) in [7, 11) is -4.56. The summed E-state index contributed by atoms with van der Waals surface area (Å²) < 4.78 is 10.6. The molecule has 1 rings (SSSR count). The molecule has 5 heteroatoms. The maximum absolute atomic E-state index is 10.6. The van der Waals surface area contributed by atoms with Crippen molar-refractivity contribution in [3.05, 3.63) is 29.8 Å². The Hall–Kier alpha value is 0.630. The molecular formula is C9H11CaO3P. The van der Waals surface area contributed by atoms with Crippen LogP contribution in [0.1, 0.15) is 18.9 Å². The second-order valence-electron chi connectivity index (χ2n) is 2.91. The minimum Gasteiger partial charge on any atom is -0.807 e. The Bertz CT molecular complexity index is 317. The largest absolute Gasteiger partial charge is 2.00 e. The van der Waals surface area contributed by atoms with Crippen LogP contribution >= 0.6 is 7.60 Å². The zero-order valence-corrected chi connectivity index (χ0v) is 11.2. The number of benzene rings is 1. The van der Waals surface area contributed by atoms with Gasteiger partial charge in [-0.3, -0.25) is 0 Å². The van der Waals surface area contributed by atoms with Crippen molar-refractivity contribution >= 4 is 50.6 Å². The molecule has 0 saturated heterocycles. The molecule has 0 N–H and O–H groups in total. The fourth-order valence-electron chi connectivity index (χ4n) is 1.13. The zero-order valence-electron chi connectivity index (χ0n) is 8.10. The molecular weight excluding hydrogens is 227 g/mol. The van der Waals surface area contributed by atoms with E-state index in [4.69, 9.17) is 0 Å². The average Bonchev–Trinajstić information content (AvgIpc) is 2.04. The maximum atomic E-state index is 10.6. The van der Waals surface area contributed by atoms with Crippen LogP contribution in [0, 0.1) is 0 Å². The number of aryl methyl sites for hydroxylation is 1. The van der Waals surface area contributed by atoms with Crippen LogP contribution in [0.4, 0.5) is 0 Å². The van der Waals surface area contributed by atoms with Gasteiger partial charge in [-0.15, -0.1) is 0 Å². The molecule has 1 aromatic carbocycles. The van der Waals surface area contributed by atoms with Crippen molar-refractivity contribution in [2.75, 3.05) is 0 Å². The quantitative estimate of drug-likeness (QED) is 0.541. The van der Waals surface area contributed by atoms with E-state index in [-0.39, 0.29) is 43.0 Å². The summed E-state index contributed by atoms with van der Waals surface area (Å²) in [6.07, 6.45) is 1.91. The SMILES string of the molecule is CCCc1ccc(P(=O)([O-])[O-])cc1.[Ca+2]. The van der Waals surface area contributed by atoms with Crippen LogP contribution in [0.3, 0.4) is 0 Å². The Balaban J connectivity index is 0.00000169. The van der Waals surface area contributed by atoms with Gasteiger partial charge in [0.1, 0.15) is 0 Å². The Labute approximate surface area is 114 Å². The monoisotopic (exact) mass is 238 g/mol. The standard InChI is InChI=1S/C9H13O3P.Ca/c1-2-3-8-4-6-9(7-5-8)13(10,11)12;/h4-7H,2-3H2,1H3,(H2,10,11,12);/q;+2/p-2. The molecule has 0 aliphatic heterocycles. The first-order chi connectivity index (χ1) is 6.04. The third-order valence-corrected chi connectivity index (χ3v) is 2.72. The molecule has 0 amide bonds. The topological polar surface area (TPSA) is 63.2 Å². The maximum Gasteiger partial charge on any atom is 2.00 e. The van der Waals surface area contributed by atoms with E-state index in [2.05, 4.69) is 0 Å². The van der Waals surface area contributed by atoms with Crippen LogP contribution in [0.5, 0.6) is 0 Å². The first kappa shape index (κ1) is 14.6. The van der Waals surface area contributed by atoms with Crippen LogP contribution in [0.15, 0.2) is 24.3 Å². The summed E-state index contributed by atoms with van der Waals surface area (Å²) in [5.74, 6) is 0. The van der Waals surface area contributed by atoms with E-state index < -0.39 is 7.60 Å². The summed E-state index contributed by atoms with van der Waals surface area (Å²) in [6, 6.07) is 6.10. The Morgan fingerprint density at radius 3 is 2.07 bits per heavy atom. The van der Waals surface area contributed by atoms with Gasteiger partial charge in [0.25, 0.3) is 0 Å². The van der Waals surface area contributed by atoms with E-state index in [1.54, 1.807) is 12.1 Å². The Kier molecular flexibility index (Phi) is 6.55. The number of hydrogen-bond donors (Lipinski definition) is 0. The molecule has 0 radical (unpaired) electrons. The molecule has 0 spiro atoms. The van der Waals surface area contributed by atoms with E-state index in [9.17, 15) is 14.4 Å². The Morgan fingerprint density at radius 2 is 1.71 bits per heavy atom. The van der Waals surface area contributed by atoms with Crippen molar-refractivity contribution in [3.63, 3.8) is 0 Å². The molecule has 0 unspecified atom stereocenters. The predicted octanol–water partition coefficient (Wildman–Crippen LogP) is -0.203. The summed E-state index contributed by atoms with van der Waals surface area (Å²) in [4.78, 5) is 21.1. The van der Waals surface area contributed by atoms with Crippen molar-refractivity contribution in [3.8, 4) is 0 Å². The fraction of sp³-hybridized carbons (Fsp3) is 0.333. The molecule has 0 atom stereocenters. The van der Waals surface area contributed by atoms with Gasteiger partial charge in [0.2, 0.25) is 0 Å². The first-order valence-electron chi connectivity index (χ1n) is 4.15. The zero-order chi connectivity index (χ0) is 9.90. The second-order valence-corrected chi connectivity index (χ2v) is 4.43. The number of rotatable bonds is 3. The van der Waals surface area contributed by atoms with Gasteiger partial charge in [-0.2, -0.15) is 0 Å². The Morgan fingerprint density at radius 1 is 1.21 bits per heavy atom. The predicted molar refractivity (Wildman–Crippen MR) is 53.4 cm³/mol. The van der Waals surface area contributed by atoms with Crippen LogP contribution in [0.2, 0.25) is 0 Å². The van der Waals surface area contributed by atoms with Crippen LogP contribution in [-0.4, -0.2) is 37.7 Å². The average molecular weight is 238 g/mol. The molecule has 0 heterocycles. The van der Waals surface area contributed by atoms with Gasteiger partial charge >= 0.3 is 37.7 Å². The van der Waals surface area contributed by atoms with Gasteiger partial charge in [-0.1, -0.05) is 37.6 Å². The van der Waals surface area contributed by atoms with E-state index in [1.807, 2.05) is 6.92 Å². The van der Waals surface area contributed by atoms with Gasteiger partial charge in [0, 0.05) is 0 Å². The summed E-state index contributed by atoms with van der Waals surface area (Å²) >= 11 is 0. The molecule has 72 valence electrons. The second kappa shape index (κ2) is 6.26.